The molecule has 0 spiro atoms. The smallest absolute Gasteiger partial charge is 0.412 e. The van der Waals surface area contributed by atoms with Crippen molar-refractivity contribution in [2.75, 3.05) is 36.5 Å². The van der Waals surface area contributed by atoms with Crippen molar-refractivity contribution in [3.8, 4) is 16.9 Å². The Labute approximate surface area is 287 Å². The van der Waals surface area contributed by atoms with Gasteiger partial charge in [0.1, 0.15) is 22.9 Å². The molecular formula is C35H41F2N7O6. The van der Waals surface area contributed by atoms with E-state index in [1.807, 2.05) is 13.8 Å². The fourth-order valence-corrected chi connectivity index (χ4v) is 6.09. The van der Waals surface area contributed by atoms with E-state index in [0.717, 1.165) is 12.1 Å². The summed E-state index contributed by atoms with van der Waals surface area (Å²) < 4.78 is 38.8. The second-order valence-corrected chi connectivity index (χ2v) is 13.5. The van der Waals surface area contributed by atoms with Crippen molar-refractivity contribution in [1.82, 2.24) is 24.4 Å². The second-order valence-electron chi connectivity index (χ2n) is 13.5. The number of anilines is 2. The summed E-state index contributed by atoms with van der Waals surface area (Å²) in [5.74, 6) is -1.96. The van der Waals surface area contributed by atoms with E-state index in [0.29, 0.717) is 29.8 Å². The zero-order valence-electron chi connectivity index (χ0n) is 28.8. The molecule has 2 amide bonds. The molecule has 50 heavy (non-hydrogen) atoms. The number of carboxylic acid groups (broad SMARTS) is 1. The zero-order valence-corrected chi connectivity index (χ0v) is 28.8. The fourth-order valence-electron chi connectivity index (χ4n) is 6.09. The molecule has 266 valence electrons. The summed E-state index contributed by atoms with van der Waals surface area (Å²) in [5.41, 5.74) is -1.13. The maximum Gasteiger partial charge on any atom is 0.412 e. The van der Waals surface area contributed by atoms with Crippen LogP contribution in [0.25, 0.3) is 28.0 Å². The summed E-state index contributed by atoms with van der Waals surface area (Å²) in [5, 5.41) is 21.8. The van der Waals surface area contributed by atoms with Gasteiger partial charge in [0.15, 0.2) is 11.5 Å². The van der Waals surface area contributed by atoms with Crippen LogP contribution >= 0.6 is 0 Å². The summed E-state index contributed by atoms with van der Waals surface area (Å²) in [4.78, 5) is 55.3. The first-order valence-electron chi connectivity index (χ1n) is 16.4. The Bertz CT molecular complexity index is 2000. The number of ether oxygens (including phenoxy) is 1. The monoisotopic (exact) mass is 693 g/mol. The zero-order chi connectivity index (χ0) is 36.5. The number of aryl methyl sites for hydroxylation is 1. The lowest BCUT2D eigenvalue weighted by Gasteiger charge is -2.39. The summed E-state index contributed by atoms with van der Waals surface area (Å²) in [7, 11) is 0. The number of hydrogen-bond acceptors (Lipinski definition) is 9. The van der Waals surface area contributed by atoms with E-state index in [4.69, 9.17) is 4.74 Å². The lowest BCUT2D eigenvalue weighted by atomic mass is 10.0. The van der Waals surface area contributed by atoms with Crippen molar-refractivity contribution in [2.24, 2.45) is 0 Å². The first-order valence-corrected chi connectivity index (χ1v) is 16.4. The van der Waals surface area contributed by atoms with Crippen LogP contribution in [0.4, 0.5) is 29.9 Å². The first-order chi connectivity index (χ1) is 23.6. The largest absolute Gasteiger partial charge is 0.465 e. The number of nitrogens with one attached hydrogen (secondary N) is 1. The third kappa shape index (κ3) is 7.37. The van der Waals surface area contributed by atoms with Crippen LogP contribution in [0.3, 0.4) is 0 Å². The average molecular weight is 694 g/mol. The number of carbonyl (C=O) groups is 2. The highest BCUT2D eigenvalue weighted by Gasteiger charge is 2.32. The minimum absolute atomic E-state index is 0.0594. The molecule has 13 nitrogen and oxygen atoms in total. The number of piperazine rings is 1. The number of carbonyl (C=O) groups excluding carboxylic acids is 1. The number of aliphatic hydroxyl groups is 1. The number of pyridine rings is 2. The number of fused-ring (bicyclic) bond motifs is 1. The van der Waals surface area contributed by atoms with Gasteiger partial charge in [0.25, 0.3) is 0 Å². The lowest BCUT2D eigenvalue weighted by molar-refractivity contribution is 0.0636. The SMILES string of the molecule is CC(C)c1nccc(CCCO)c1-n1c(=O)nc(N2CCN(C(=O)O)CC2C)c2cc(F)c(-c3c(F)cccc3NC(=O)OC(C)(C)C)nc21. The van der Waals surface area contributed by atoms with Crippen LogP contribution in [0.1, 0.15) is 65.1 Å². The Morgan fingerprint density at radius 2 is 1.86 bits per heavy atom. The highest BCUT2D eigenvalue weighted by atomic mass is 19.1. The molecule has 4 heterocycles. The van der Waals surface area contributed by atoms with E-state index in [-0.39, 0.29) is 60.3 Å². The average Bonchev–Trinajstić information content (AvgIpc) is 3.03. The van der Waals surface area contributed by atoms with Crippen molar-refractivity contribution in [3.63, 3.8) is 0 Å². The topological polar surface area (TPSA) is 163 Å². The maximum atomic E-state index is 16.4. The van der Waals surface area contributed by atoms with Crippen molar-refractivity contribution >= 4 is 34.7 Å². The summed E-state index contributed by atoms with van der Waals surface area (Å²) in [6, 6.07) is 6.22. The van der Waals surface area contributed by atoms with Gasteiger partial charge in [-0.2, -0.15) is 4.98 Å². The van der Waals surface area contributed by atoms with Crippen LogP contribution in [-0.2, 0) is 11.2 Å². The molecule has 1 unspecified atom stereocenters. The number of halogens is 2. The molecule has 1 atom stereocenters. The number of aliphatic hydroxyl groups excluding tert-OH is 1. The summed E-state index contributed by atoms with van der Waals surface area (Å²) in [6.45, 7) is 10.8. The molecule has 4 aromatic rings. The minimum atomic E-state index is -1.09. The van der Waals surface area contributed by atoms with Crippen LogP contribution in [-0.4, -0.2) is 84.7 Å². The van der Waals surface area contributed by atoms with Gasteiger partial charge < -0.3 is 24.7 Å². The van der Waals surface area contributed by atoms with Crippen LogP contribution in [0.15, 0.2) is 41.3 Å². The summed E-state index contributed by atoms with van der Waals surface area (Å²) >= 11 is 0. The van der Waals surface area contributed by atoms with Crippen LogP contribution in [0.5, 0.6) is 0 Å². The molecule has 5 rings (SSSR count). The number of rotatable bonds is 8. The Morgan fingerprint density at radius 1 is 1.12 bits per heavy atom. The van der Waals surface area contributed by atoms with Gasteiger partial charge in [0, 0.05) is 38.5 Å². The van der Waals surface area contributed by atoms with Gasteiger partial charge in [-0.05, 0) is 76.3 Å². The highest BCUT2D eigenvalue weighted by molar-refractivity contribution is 5.94. The van der Waals surface area contributed by atoms with Gasteiger partial charge in [-0.15, -0.1) is 0 Å². The van der Waals surface area contributed by atoms with Crippen molar-refractivity contribution in [1.29, 1.82) is 0 Å². The van der Waals surface area contributed by atoms with Gasteiger partial charge >= 0.3 is 17.9 Å². The van der Waals surface area contributed by atoms with E-state index in [1.165, 1.54) is 21.6 Å². The van der Waals surface area contributed by atoms with Gasteiger partial charge in [0.05, 0.1) is 28.0 Å². The third-order valence-corrected chi connectivity index (χ3v) is 8.27. The Balaban J connectivity index is 1.83. The van der Waals surface area contributed by atoms with Crippen LogP contribution < -0.4 is 15.9 Å². The molecule has 0 aliphatic carbocycles. The molecule has 1 aromatic carbocycles. The minimum Gasteiger partial charge on any atom is -0.465 e. The van der Waals surface area contributed by atoms with Crippen molar-refractivity contribution in [2.45, 2.75) is 71.9 Å². The van der Waals surface area contributed by atoms with Gasteiger partial charge in [-0.1, -0.05) is 19.9 Å². The second kappa shape index (κ2) is 14.4. The van der Waals surface area contributed by atoms with Crippen molar-refractivity contribution in [3.05, 3.63) is 69.9 Å². The molecule has 1 fully saturated rings. The predicted molar refractivity (Wildman–Crippen MR) is 184 cm³/mol. The van der Waals surface area contributed by atoms with Crippen LogP contribution in [0, 0.1) is 11.6 Å². The summed E-state index contributed by atoms with van der Waals surface area (Å²) in [6.07, 6.45) is 0.366. The van der Waals surface area contributed by atoms with Crippen LogP contribution in [0.2, 0.25) is 0 Å². The molecule has 0 bridgehead atoms. The molecule has 1 saturated heterocycles. The Hall–Kier alpha value is -5.18. The third-order valence-electron chi connectivity index (χ3n) is 8.27. The molecule has 0 saturated carbocycles. The molecule has 15 heteroatoms. The van der Waals surface area contributed by atoms with Gasteiger partial charge in [-0.25, -0.2) is 32.7 Å². The molecule has 0 radical (unpaired) electrons. The Morgan fingerprint density at radius 3 is 2.50 bits per heavy atom. The van der Waals surface area contributed by atoms with E-state index >= 15 is 8.78 Å². The molecule has 1 aliphatic heterocycles. The van der Waals surface area contributed by atoms with Gasteiger partial charge in [0.2, 0.25) is 0 Å². The van der Waals surface area contributed by atoms with Gasteiger partial charge in [-0.3, -0.25) is 10.3 Å². The highest BCUT2D eigenvalue weighted by Crippen LogP contribution is 2.37. The van der Waals surface area contributed by atoms with E-state index in [1.54, 1.807) is 44.9 Å². The molecule has 1 aliphatic rings. The van der Waals surface area contributed by atoms with Crippen molar-refractivity contribution < 1.29 is 33.3 Å². The standard InChI is InChI=1S/C35H41F2N7O6/c1-19(2)27-29(21(9-8-16-45)12-13-38-27)44-31-22(30(41-32(44)46)43-15-14-42(34(48)49)18-20(43)3)17-24(37)28(40-31)26-23(36)10-7-11-25(26)39-33(47)50-35(4,5)6/h7,10-13,17,19-20,45H,8-9,14-16,18H2,1-6H3,(H,39,47)(H,48,49). The number of amides is 2. The molecular weight excluding hydrogens is 652 g/mol. The maximum absolute atomic E-state index is 16.4. The molecule has 3 N–H and O–H groups in total. The number of hydrogen-bond donors (Lipinski definition) is 3. The molecule has 3 aromatic heterocycles. The lowest BCUT2D eigenvalue weighted by Crippen LogP contribution is -2.54. The van der Waals surface area contributed by atoms with E-state index in [9.17, 15) is 24.6 Å². The first kappa shape index (κ1) is 36.1. The van der Waals surface area contributed by atoms with E-state index in [2.05, 4.69) is 20.3 Å². The fraction of sp³-hybridized carbons (Fsp3) is 0.429. The predicted octanol–water partition coefficient (Wildman–Crippen LogP) is 5.70. The number of aromatic nitrogens is 4. The number of benzene rings is 1. The van der Waals surface area contributed by atoms with E-state index < -0.39 is 46.8 Å². The Kier molecular flexibility index (Phi) is 10.4. The normalized spacial score (nSPS) is 15.1. The number of nitrogens with zero attached hydrogens (tertiary/aromatic N) is 6. The quantitative estimate of drug-likeness (QED) is 0.209.